The Morgan fingerprint density at radius 2 is 1.95 bits per heavy atom. The van der Waals surface area contributed by atoms with Gasteiger partial charge in [-0.05, 0) is 40.2 Å². The van der Waals surface area contributed by atoms with Crippen molar-refractivity contribution in [3.8, 4) is 5.75 Å². The van der Waals surface area contributed by atoms with Crippen LogP contribution in [0.4, 0.5) is 10.5 Å². The predicted octanol–water partition coefficient (Wildman–Crippen LogP) is 4.54. The number of hydrogen-bond acceptors (Lipinski definition) is 2. The van der Waals surface area contributed by atoms with E-state index < -0.39 is 6.09 Å². The first-order chi connectivity index (χ1) is 9.74. The Morgan fingerprint density at radius 3 is 2.80 bits per heavy atom. The minimum atomic E-state index is -0.529. The number of aromatic amines is 1. The third-order valence-electron chi connectivity index (χ3n) is 2.86. The van der Waals surface area contributed by atoms with Gasteiger partial charge in [-0.2, -0.15) is 0 Å². The molecule has 5 heteroatoms. The second kappa shape index (κ2) is 5.38. The Balaban J connectivity index is 1.80. The fourth-order valence-corrected chi connectivity index (χ4v) is 2.32. The maximum atomic E-state index is 11.9. The van der Waals surface area contributed by atoms with Crippen molar-refractivity contribution in [1.82, 2.24) is 4.98 Å². The van der Waals surface area contributed by atoms with Crippen molar-refractivity contribution in [1.29, 1.82) is 0 Å². The van der Waals surface area contributed by atoms with E-state index in [1.807, 2.05) is 42.6 Å². The number of halogens is 1. The molecule has 0 atom stereocenters. The SMILES string of the molecule is O=C(Nc1ccccc1Br)Oc1cccc2cc[nH]c12. The van der Waals surface area contributed by atoms with E-state index in [0.29, 0.717) is 11.4 Å². The number of ether oxygens (including phenoxy) is 1. The first kappa shape index (κ1) is 12.7. The van der Waals surface area contributed by atoms with Gasteiger partial charge in [0.05, 0.1) is 11.2 Å². The van der Waals surface area contributed by atoms with Crippen LogP contribution in [-0.4, -0.2) is 11.1 Å². The molecule has 20 heavy (non-hydrogen) atoms. The molecule has 0 fully saturated rings. The number of anilines is 1. The van der Waals surface area contributed by atoms with Crippen molar-refractivity contribution in [2.45, 2.75) is 0 Å². The van der Waals surface area contributed by atoms with Gasteiger partial charge in [0.1, 0.15) is 0 Å². The number of para-hydroxylation sites is 2. The van der Waals surface area contributed by atoms with Crippen LogP contribution in [0, 0.1) is 0 Å². The summed E-state index contributed by atoms with van der Waals surface area (Å²) >= 11 is 3.37. The number of hydrogen-bond donors (Lipinski definition) is 2. The Kier molecular flexibility index (Phi) is 3.43. The molecule has 2 aromatic carbocycles. The molecule has 3 aromatic rings. The van der Waals surface area contributed by atoms with Crippen LogP contribution in [-0.2, 0) is 0 Å². The van der Waals surface area contributed by atoms with E-state index in [1.54, 1.807) is 12.1 Å². The van der Waals surface area contributed by atoms with Gasteiger partial charge in [0.2, 0.25) is 0 Å². The Labute approximate surface area is 123 Å². The molecule has 0 spiro atoms. The summed E-state index contributed by atoms with van der Waals surface area (Å²) in [5.41, 5.74) is 1.46. The summed E-state index contributed by atoms with van der Waals surface area (Å²) in [5.74, 6) is 0.497. The molecular weight excluding hydrogens is 320 g/mol. The van der Waals surface area contributed by atoms with Gasteiger partial charge in [-0.25, -0.2) is 4.79 Å². The summed E-state index contributed by atoms with van der Waals surface area (Å²) in [4.78, 5) is 15.0. The van der Waals surface area contributed by atoms with Crippen molar-refractivity contribution >= 4 is 38.6 Å². The fraction of sp³-hybridized carbons (Fsp3) is 0. The van der Waals surface area contributed by atoms with Crippen LogP contribution in [0.25, 0.3) is 10.9 Å². The van der Waals surface area contributed by atoms with Crippen LogP contribution in [0.15, 0.2) is 59.2 Å². The maximum Gasteiger partial charge on any atom is 0.417 e. The summed E-state index contributed by atoms with van der Waals surface area (Å²) in [6.45, 7) is 0. The Hall–Kier alpha value is -2.27. The van der Waals surface area contributed by atoms with E-state index in [9.17, 15) is 4.79 Å². The smallest absolute Gasteiger partial charge is 0.408 e. The second-order valence-electron chi connectivity index (χ2n) is 4.19. The van der Waals surface area contributed by atoms with Crippen LogP contribution in [0.1, 0.15) is 0 Å². The number of carbonyl (C=O) groups excluding carboxylic acids is 1. The number of carbonyl (C=O) groups is 1. The third-order valence-corrected chi connectivity index (χ3v) is 3.55. The van der Waals surface area contributed by atoms with E-state index in [2.05, 4.69) is 26.2 Å². The lowest BCUT2D eigenvalue weighted by Crippen LogP contribution is -2.17. The molecule has 1 aromatic heterocycles. The highest BCUT2D eigenvalue weighted by Gasteiger charge is 2.10. The Morgan fingerprint density at radius 1 is 1.10 bits per heavy atom. The maximum absolute atomic E-state index is 11.9. The summed E-state index contributed by atoms with van der Waals surface area (Å²) in [6.07, 6.45) is 1.28. The molecule has 0 aliphatic carbocycles. The number of rotatable bonds is 2. The van der Waals surface area contributed by atoms with Crippen LogP contribution in [0.2, 0.25) is 0 Å². The van der Waals surface area contributed by atoms with Gasteiger partial charge in [0.15, 0.2) is 5.75 Å². The largest absolute Gasteiger partial charge is 0.417 e. The molecule has 1 heterocycles. The highest BCUT2D eigenvalue weighted by atomic mass is 79.9. The van der Waals surface area contributed by atoms with E-state index in [-0.39, 0.29) is 0 Å². The number of amides is 1. The zero-order valence-corrected chi connectivity index (χ0v) is 12.0. The molecule has 2 N–H and O–H groups in total. The van der Waals surface area contributed by atoms with Crippen LogP contribution >= 0.6 is 15.9 Å². The summed E-state index contributed by atoms with van der Waals surface area (Å²) in [6, 6.07) is 14.8. The standard InChI is InChI=1S/C15H11BrN2O2/c16-11-5-1-2-6-12(11)18-15(19)20-13-7-3-4-10-8-9-17-14(10)13/h1-9,17H,(H,18,19). The minimum absolute atomic E-state index is 0.497. The molecule has 100 valence electrons. The molecule has 1 amide bonds. The van der Waals surface area contributed by atoms with Gasteiger partial charge < -0.3 is 9.72 Å². The predicted molar refractivity (Wildman–Crippen MR) is 82.1 cm³/mol. The highest BCUT2D eigenvalue weighted by Crippen LogP contribution is 2.25. The van der Waals surface area contributed by atoms with Gasteiger partial charge in [-0.15, -0.1) is 0 Å². The van der Waals surface area contributed by atoms with Crippen LogP contribution < -0.4 is 10.1 Å². The summed E-state index contributed by atoms with van der Waals surface area (Å²) in [5, 5.41) is 3.69. The molecule has 0 aliphatic heterocycles. The number of aromatic nitrogens is 1. The van der Waals surface area contributed by atoms with E-state index in [4.69, 9.17) is 4.74 Å². The van der Waals surface area contributed by atoms with Gasteiger partial charge >= 0.3 is 6.09 Å². The average molecular weight is 331 g/mol. The molecule has 0 saturated carbocycles. The zero-order valence-electron chi connectivity index (χ0n) is 10.4. The lowest BCUT2D eigenvalue weighted by atomic mass is 10.2. The molecule has 0 saturated heterocycles. The lowest BCUT2D eigenvalue weighted by Gasteiger charge is -2.08. The third kappa shape index (κ3) is 2.53. The van der Waals surface area contributed by atoms with Gasteiger partial charge in [0.25, 0.3) is 0 Å². The topological polar surface area (TPSA) is 54.1 Å². The van der Waals surface area contributed by atoms with Gasteiger partial charge in [0, 0.05) is 16.1 Å². The fourth-order valence-electron chi connectivity index (χ4n) is 1.94. The number of benzene rings is 2. The quantitative estimate of drug-likeness (QED) is 0.724. The van der Waals surface area contributed by atoms with E-state index in [1.165, 1.54) is 0 Å². The number of H-pyrrole nitrogens is 1. The normalized spacial score (nSPS) is 10.4. The molecule has 3 rings (SSSR count). The van der Waals surface area contributed by atoms with Crippen molar-refractivity contribution in [2.75, 3.05) is 5.32 Å². The highest BCUT2D eigenvalue weighted by molar-refractivity contribution is 9.10. The van der Waals surface area contributed by atoms with Crippen molar-refractivity contribution in [3.05, 3.63) is 59.2 Å². The van der Waals surface area contributed by atoms with Crippen LogP contribution in [0.5, 0.6) is 5.75 Å². The summed E-state index contributed by atoms with van der Waals surface area (Å²) < 4.78 is 6.14. The lowest BCUT2D eigenvalue weighted by molar-refractivity contribution is 0.215. The van der Waals surface area contributed by atoms with Crippen molar-refractivity contribution in [3.63, 3.8) is 0 Å². The van der Waals surface area contributed by atoms with Gasteiger partial charge in [-0.3, -0.25) is 5.32 Å². The molecule has 0 radical (unpaired) electrons. The first-order valence-corrected chi connectivity index (χ1v) is 6.83. The van der Waals surface area contributed by atoms with E-state index in [0.717, 1.165) is 15.4 Å². The van der Waals surface area contributed by atoms with Crippen molar-refractivity contribution in [2.24, 2.45) is 0 Å². The zero-order chi connectivity index (χ0) is 13.9. The number of nitrogens with one attached hydrogen (secondary N) is 2. The van der Waals surface area contributed by atoms with Crippen LogP contribution in [0.3, 0.4) is 0 Å². The number of fused-ring (bicyclic) bond motifs is 1. The molecular formula is C15H11BrN2O2. The molecule has 4 nitrogen and oxygen atoms in total. The monoisotopic (exact) mass is 330 g/mol. The molecule has 0 aliphatic rings. The average Bonchev–Trinajstić information content (AvgIpc) is 2.91. The minimum Gasteiger partial charge on any atom is -0.408 e. The Bertz CT molecular complexity index is 767. The van der Waals surface area contributed by atoms with Gasteiger partial charge in [-0.1, -0.05) is 24.3 Å². The second-order valence-corrected chi connectivity index (χ2v) is 5.05. The van der Waals surface area contributed by atoms with Crippen molar-refractivity contribution < 1.29 is 9.53 Å². The molecule has 0 unspecified atom stereocenters. The van der Waals surface area contributed by atoms with E-state index >= 15 is 0 Å². The summed E-state index contributed by atoms with van der Waals surface area (Å²) in [7, 11) is 0. The first-order valence-electron chi connectivity index (χ1n) is 6.03. The molecule has 0 bridgehead atoms.